The molecule has 7 nitrogen and oxygen atoms in total. The molecule has 23 heavy (non-hydrogen) atoms. The van der Waals surface area contributed by atoms with Crippen LogP contribution in [0.3, 0.4) is 0 Å². The number of urea groups is 1. The highest BCUT2D eigenvalue weighted by Crippen LogP contribution is 2.30. The first-order chi connectivity index (χ1) is 10.9. The van der Waals surface area contributed by atoms with Gasteiger partial charge >= 0.3 is 6.03 Å². The van der Waals surface area contributed by atoms with Crippen LogP contribution in [0.4, 0.5) is 4.79 Å². The highest BCUT2D eigenvalue weighted by molar-refractivity contribution is 7.91. The molecule has 0 aromatic rings. The molecule has 1 aliphatic heterocycles. The largest absolute Gasteiger partial charge is 0.350 e. The summed E-state index contributed by atoms with van der Waals surface area (Å²) in [6.07, 6.45) is 5.29. The van der Waals surface area contributed by atoms with Gasteiger partial charge in [0.15, 0.2) is 9.84 Å². The monoisotopic (exact) mass is 345 g/mol. The average Bonchev–Trinajstić information content (AvgIpc) is 3.07. The summed E-state index contributed by atoms with van der Waals surface area (Å²) >= 11 is 0. The van der Waals surface area contributed by atoms with Crippen LogP contribution < -0.4 is 16.0 Å². The van der Waals surface area contributed by atoms with Crippen LogP contribution in [-0.2, 0) is 14.6 Å². The lowest BCUT2D eigenvalue weighted by Crippen LogP contribution is -2.60. The maximum atomic E-state index is 12.7. The van der Waals surface area contributed by atoms with Crippen LogP contribution in [0.1, 0.15) is 51.9 Å². The van der Waals surface area contributed by atoms with Crippen LogP contribution in [0.25, 0.3) is 0 Å². The van der Waals surface area contributed by atoms with Crippen LogP contribution in [0.5, 0.6) is 0 Å². The Morgan fingerprint density at radius 3 is 2.48 bits per heavy atom. The Morgan fingerprint density at radius 2 is 1.91 bits per heavy atom. The van der Waals surface area contributed by atoms with E-state index in [1.807, 2.05) is 6.92 Å². The van der Waals surface area contributed by atoms with E-state index in [9.17, 15) is 18.0 Å². The second-order valence-corrected chi connectivity index (χ2v) is 8.83. The predicted molar refractivity (Wildman–Crippen MR) is 87.8 cm³/mol. The summed E-state index contributed by atoms with van der Waals surface area (Å²) in [6.45, 7) is 2.63. The van der Waals surface area contributed by atoms with Crippen molar-refractivity contribution in [3.05, 3.63) is 0 Å². The van der Waals surface area contributed by atoms with Gasteiger partial charge in [0.05, 0.1) is 11.5 Å². The third-order valence-electron chi connectivity index (χ3n) is 4.63. The molecule has 3 amide bonds. The van der Waals surface area contributed by atoms with E-state index in [1.54, 1.807) is 0 Å². The summed E-state index contributed by atoms with van der Waals surface area (Å²) in [5.74, 6) is -0.129. The number of unbranched alkanes of at least 4 members (excludes halogenated alkanes) is 1. The molecule has 1 heterocycles. The topological polar surface area (TPSA) is 104 Å². The van der Waals surface area contributed by atoms with Gasteiger partial charge in [0, 0.05) is 12.6 Å². The number of rotatable bonds is 6. The van der Waals surface area contributed by atoms with Gasteiger partial charge in [-0.15, -0.1) is 0 Å². The van der Waals surface area contributed by atoms with E-state index in [1.165, 1.54) is 0 Å². The Kier molecular flexibility index (Phi) is 5.89. The number of nitrogens with one attached hydrogen (secondary N) is 3. The van der Waals surface area contributed by atoms with Crippen molar-refractivity contribution < 1.29 is 18.0 Å². The first-order valence-electron chi connectivity index (χ1n) is 8.44. The minimum atomic E-state index is -3.04. The molecule has 2 aliphatic rings. The number of hydrogen-bond acceptors (Lipinski definition) is 4. The molecule has 0 bridgehead atoms. The van der Waals surface area contributed by atoms with E-state index in [0.717, 1.165) is 25.7 Å². The fourth-order valence-corrected chi connectivity index (χ4v) is 4.93. The highest BCUT2D eigenvalue weighted by Gasteiger charge is 2.44. The SMILES string of the molecule is CCCCNC(=O)NC1(C(=O)NC2CCS(=O)(=O)C2)CCCC1. The third-order valence-corrected chi connectivity index (χ3v) is 6.40. The van der Waals surface area contributed by atoms with Crippen molar-refractivity contribution in [3.8, 4) is 0 Å². The van der Waals surface area contributed by atoms with Gasteiger partial charge in [-0.2, -0.15) is 0 Å². The lowest BCUT2D eigenvalue weighted by Gasteiger charge is -2.30. The zero-order chi connectivity index (χ0) is 16.9. The molecule has 8 heteroatoms. The molecule has 2 fully saturated rings. The van der Waals surface area contributed by atoms with Crippen molar-refractivity contribution in [2.75, 3.05) is 18.1 Å². The van der Waals surface area contributed by atoms with Gasteiger partial charge in [0.2, 0.25) is 5.91 Å². The predicted octanol–water partition coefficient (Wildman–Crippen LogP) is 0.702. The highest BCUT2D eigenvalue weighted by atomic mass is 32.2. The van der Waals surface area contributed by atoms with Gasteiger partial charge in [0.1, 0.15) is 5.54 Å². The molecule has 1 unspecified atom stereocenters. The van der Waals surface area contributed by atoms with E-state index in [0.29, 0.717) is 25.8 Å². The van der Waals surface area contributed by atoms with Crippen LogP contribution >= 0.6 is 0 Å². The minimum absolute atomic E-state index is 0.00246. The lowest BCUT2D eigenvalue weighted by atomic mass is 9.96. The molecule has 0 radical (unpaired) electrons. The van der Waals surface area contributed by atoms with E-state index >= 15 is 0 Å². The summed E-state index contributed by atoms with van der Waals surface area (Å²) in [5.41, 5.74) is -0.900. The smallest absolute Gasteiger partial charge is 0.315 e. The van der Waals surface area contributed by atoms with Crippen LogP contribution in [0.2, 0.25) is 0 Å². The molecule has 0 aromatic carbocycles. The zero-order valence-corrected chi connectivity index (χ0v) is 14.5. The number of sulfone groups is 1. The third kappa shape index (κ3) is 4.83. The van der Waals surface area contributed by atoms with Crippen molar-refractivity contribution in [1.82, 2.24) is 16.0 Å². The molecule has 1 aliphatic carbocycles. The number of hydrogen-bond donors (Lipinski definition) is 3. The fraction of sp³-hybridized carbons (Fsp3) is 0.867. The van der Waals surface area contributed by atoms with Crippen molar-refractivity contribution in [3.63, 3.8) is 0 Å². The van der Waals surface area contributed by atoms with Crippen molar-refractivity contribution in [2.45, 2.75) is 63.5 Å². The van der Waals surface area contributed by atoms with Gasteiger partial charge in [0.25, 0.3) is 0 Å². The first-order valence-corrected chi connectivity index (χ1v) is 10.3. The summed E-state index contributed by atoms with van der Waals surface area (Å²) < 4.78 is 23.0. The Hall–Kier alpha value is -1.31. The van der Waals surface area contributed by atoms with Crippen molar-refractivity contribution in [1.29, 1.82) is 0 Å². The Morgan fingerprint density at radius 1 is 1.22 bits per heavy atom. The van der Waals surface area contributed by atoms with Crippen molar-refractivity contribution in [2.24, 2.45) is 0 Å². The summed E-state index contributed by atoms with van der Waals surface area (Å²) in [4.78, 5) is 24.7. The van der Waals surface area contributed by atoms with E-state index in [2.05, 4.69) is 16.0 Å². The summed E-state index contributed by atoms with van der Waals surface area (Å²) in [5, 5.41) is 8.43. The molecule has 1 saturated heterocycles. The summed E-state index contributed by atoms with van der Waals surface area (Å²) in [6, 6.07) is -0.663. The number of carbonyl (C=O) groups is 2. The Balaban J connectivity index is 1.94. The van der Waals surface area contributed by atoms with E-state index in [4.69, 9.17) is 0 Å². The zero-order valence-electron chi connectivity index (χ0n) is 13.7. The van der Waals surface area contributed by atoms with Gasteiger partial charge in [-0.1, -0.05) is 26.2 Å². The Labute approximate surface area is 137 Å². The molecule has 2 rings (SSSR count). The Bertz CT molecular complexity index is 541. The van der Waals surface area contributed by atoms with Crippen molar-refractivity contribution >= 4 is 21.8 Å². The van der Waals surface area contributed by atoms with Gasteiger partial charge in [-0.3, -0.25) is 4.79 Å². The quantitative estimate of drug-likeness (QED) is 0.616. The molecule has 0 aromatic heterocycles. The second kappa shape index (κ2) is 7.51. The average molecular weight is 345 g/mol. The van der Waals surface area contributed by atoms with Gasteiger partial charge < -0.3 is 16.0 Å². The molecule has 132 valence electrons. The number of carbonyl (C=O) groups excluding carboxylic acids is 2. The van der Waals surface area contributed by atoms with E-state index in [-0.39, 0.29) is 29.5 Å². The molecular formula is C15H27N3O4S. The standard InChI is InChI=1S/C15H27N3O4S/c1-2-3-9-16-14(20)18-15(7-4-5-8-15)13(19)17-12-6-10-23(21,22)11-12/h12H,2-11H2,1H3,(H,17,19)(H2,16,18,20). The molecule has 3 N–H and O–H groups in total. The summed E-state index contributed by atoms with van der Waals surface area (Å²) in [7, 11) is -3.04. The van der Waals surface area contributed by atoms with Crippen LogP contribution in [0.15, 0.2) is 0 Å². The maximum absolute atomic E-state index is 12.7. The minimum Gasteiger partial charge on any atom is -0.350 e. The van der Waals surface area contributed by atoms with Gasteiger partial charge in [-0.25, -0.2) is 13.2 Å². The molecule has 0 spiro atoms. The van der Waals surface area contributed by atoms with E-state index < -0.39 is 15.4 Å². The molecular weight excluding hydrogens is 318 g/mol. The lowest BCUT2D eigenvalue weighted by molar-refractivity contribution is -0.127. The second-order valence-electron chi connectivity index (χ2n) is 6.60. The maximum Gasteiger partial charge on any atom is 0.315 e. The van der Waals surface area contributed by atoms with Crippen LogP contribution in [0, 0.1) is 0 Å². The van der Waals surface area contributed by atoms with Crippen LogP contribution in [-0.4, -0.2) is 50.0 Å². The fourth-order valence-electron chi connectivity index (χ4n) is 3.26. The molecule has 1 atom stereocenters. The number of amides is 3. The normalized spacial score (nSPS) is 25.0. The first kappa shape index (κ1) is 18.0. The molecule has 1 saturated carbocycles. The van der Waals surface area contributed by atoms with Gasteiger partial charge in [-0.05, 0) is 25.7 Å².